The van der Waals surface area contributed by atoms with Crippen molar-refractivity contribution in [1.82, 2.24) is 15.1 Å². The van der Waals surface area contributed by atoms with Crippen LogP contribution in [-0.2, 0) is 35.3 Å². The molecule has 0 unspecified atom stereocenters. The average Bonchev–Trinajstić information content (AvgIpc) is 3.01. The largest absolute Gasteiger partial charge is 0.481 e. The molecule has 0 atom stereocenters. The van der Waals surface area contributed by atoms with Gasteiger partial charge in [0, 0.05) is 5.69 Å². The van der Waals surface area contributed by atoms with E-state index in [-0.39, 0.29) is 12.8 Å². The maximum absolute atomic E-state index is 9.64. The van der Waals surface area contributed by atoms with Gasteiger partial charge in [0.1, 0.15) is 0 Å². The topological polar surface area (TPSA) is 104 Å². The fourth-order valence-electron chi connectivity index (χ4n) is 3.97. The van der Waals surface area contributed by atoms with Crippen molar-refractivity contribution in [2.24, 2.45) is 0 Å². The molecule has 1 aliphatic rings. The lowest BCUT2D eigenvalue weighted by atomic mass is 10.0. The lowest BCUT2D eigenvalue weighted by molar-refractivity contribution is -0.143. The Morgan fingerprint density at radius 3 is 2.35 bits per heavy atom. The van der Waals surface area contributed by atoms with Gasteiger partial charge in [-0.05, 0) is 74.5 Å². The molecule has 8 heteroatoms. The molecule has 2 heterocycles. The molecule has 7 nitrogen and oxygen atoms in total. The minimum Gasteiger partial charge on any atom is -0.481 e. The van der Waals surface area contributed by atoms with Crippen molar-refractivity contribution in [3.63, 3.8) is 0 Å². The molecule has 2 aromatic carbocycles. The summed E-state index contributed by atoms with van der Waals surface area (Å²) in [4.78, 5) is 19.3. The Bertz CT molecular complexity index is 1110. The highest BCUT2D eigenvalue weighted by atomic mass is 35.5. The Morgan fingerprint density at radius 1 is 1.00 bits per heavy atom. The molecule has 180 valence electrons. The van der Waals surface area contributed by atoms with Gasteiger partial charge in [0.15, 0.2) is 0 Å². The summed E-state index contributed by atoms with van der Waals surface area (Å²) in [6.45, 7) is 4.12. The molecule has 3 N–H and O–H groups in total. The van der Waals surface area contributed by atoms with Crippen LogP contribution in [0.2, 0.25) is 5.02 Å². The summed E-state index contributed by atoms with van der Waals surface area (Å²) in [6.07, 6.45) is 3.38. The van der Waals surface area contributed by atoms with E-state index in [4.69, 9.17) is 26.9 Å². The van der Waals surface area contributed by atoms with Gasteiger partial charge in [0.25, 0.3) is 0 Å². The maximum atomic E-state index is 9.64. The van der Waals surface area contributed by atoms with Crippen LogP contribution < -0.4 is 5.32 Å². The van der Waals surface area contributed by atoms with Crippen molar-refractivity contribution in [2.45, 2.75) is 45.4 Å². The van der Waals surface area contributed by atoms with E-state index in [9.17, 15) is 9.59 Å². The number of carbonyl (C=O) groups is 2. The molecule has 1 aromatic heterocycles. The highest BCUT2D eigenvalue weighted by Crippen LogP contribution is 2.30. The van der Waals surface area contributed by atoms with E-state index >= 15 is 0 Å². The number of aliphatic carboxylic acids is 2. The summed E-state index contributed by atoms with van der Waals surface area (Å²) in [6, 6.07) is 17.0. The molecule has 0 bridgehead atoms. The molecule has 4 rings (SSSR count). The van der Waals surface area contributed by atoms with Crippen molar-refractivity contribution in [1.29, 1.82) is 0 Å². The Labute approximate surface area is 204 Å². The number of rotatable bonds is 7. The van der Waals surface area contributed by atoms with E-state index in [0.29, 0.717) is 0 Å². The molecule has 1 aliphatic heterocycles. The van der Waals surface area contributed by atoms with Gasteiger partial charge in [-0.25, -0.2) is 4.68 Å². The van der Waals surface area contributed by atoms with Gasteiger partial charge < -0.3 is 15.5 Å². The maximum Gasteiger partial charge on any atom is 0.303 e. The molecular formula is C26H30ClN3O4. The highest BCUT2D eigenvalue weighted by Gasteiger charge is 2.18. The van der Waals surface area contributed by atoms with Crippen LogP contribution in [0.25, 0.3) is 5.69 Å². The molecule has 0 amide bonds. The Kier molecular flexibility index (Phi) is 9.24. The summed E-state index contributed by atoms with van der Waals surface area (Å²) in [5.74, 6) is -2.15. The zero-order valence-corrected chi connectivity index (χ0v) is 20.0. The first kappa shape index (κ1) is 25.5. The van der Waals surface area contributed by atoms with Gasteiger partial charge >= 0.3 is 11.9 Å². The predicted molar refractivity (Wildman–Crippen MR) is 132 cm³/mol. The lowest BCUT2D eigenvalue weighted by Gasteiger charge is -2.15. The van der Waals surface area contributed by atoms with Gasteiger partial charge in [0.2, 0.25) is 0 Å². The Morgan fingerprint density at radius 2 is 1.68 bits per heavy atom. The molecule has 0 saturated carbocycles. The van der Waals surface area contributed by atoms with Crippen LogP contribution in [-0.4, -0.2) is 45.0 Å². The Balaban J connectivity index is 0.000000350. The first-order valence-electron chi connectivity index (χ1n) is 11.4. The van der Waals surface area contributed by atoms with Crippen molar-refractivity contribution in [2.75, 3.05) is 13.1 Å². The molecule has 0 spiro atoms. The monoisotopic (exact) mass is 483 g/mol. The number of carboxylic acid groups (broad SMARTS) is 2. The van der Waals surface area contributed by atoms with Crippen molar-refractivity contribution in [3.8, 4) is 5.69 Å². The molecule has 3 aromatic rings. The molecule has 0 radical (unpaired) electrons. The summed E-state index contributed by atoms with van der Waals surface area (Å²) < 4.78 is 2.05. The number of hydrogen-bond donors (Lipinski definition) is 3. The van der Waals surface area contributed by atoms with Gasteiger partial charge in [0.05, 0.1) is 29.2 Å². The summed E-state index contributed by atoms with van der Waals surface area (Å²) in [5, 5.41) is 25.0. The van der Waals surface area contributed by atoms with Crippen LogP contribution in [0, 0.1) is 6.92 Å². The summed E-state index contributed by atoms with van der Waals surface area (Å²) in [5.41, 5.74) is 7.39. The van der Waals surface area contributed by atoms with Crippen LogP contribution >= 0.6 is 11.6 Å². The van der Waals surface area contributed by atoms with Crippen LogP contribution in [0.4, 0.5) is 0 Å². The van der Waals surface area contributed by atoms with Gasteiger partial charge in [-0.1, -0.05) is 48.0 Å². The van der Waals surface area contributed by atoms with Gasteiger partial charge in [-0.2, -0.15) is 5.10 Å². The molecular weight excluding hydrogens is 454 g/mol. The van der Waals surface area contributed by atoms with Crippen LogP contribution in [0.5, 0.6) is 0 Å². The van der Waals surface area contributed by atoms with Crippen LogP contribution in [0.1, 0.15) is 40.9 Å². The van der Waals surface area contributed by atoms with Gasteiger partial charge in [-0.3, -0.25) is 9.59 Å². The van der Waals surface area contributed by atoms with Crippen molar-refractivity contribution < 1.29 is 19.8 Å². The number of halogens is 1. The van der Waals surface area contributed by atoms with Gasteiger partial charge in [-0.15, -0.1) is 0 Å². The number of carboxylic acids is 2. The zero-order valence-electron chi connectivity index (χ0n) is 19.3. The second kappa shape index (κ2) is 12.3. The normalized spacial score (nSPS) is 12.8. The molecule has 34 heavy (non-hydrogen) atoms. The number of nitrogens with zero attached hydrogens (tertiary/aromatic N) is 2. The molecule has 0 fully saturated rings. The van der Waals surface area contributed by atoms with Crippen LogP contribution in [0.3, 0.4) is 0 Å². The van der Waals surface area contributed by atoms with Crippen molar-refractivity contribution in [3.05, 3.63) is 81.6 Å². The summed E-state index contributed by atoms with van der Waals surface area (Å²) in [7, 11) is 0. The third-order valence-electron chi connectivity index (χ3n) is 5.67. The number of nitrogens with one attached hydrogen (secondary N) is 1. The minimum absolute atomic E-state index is 0.296. The van der Waals surface area contributed by atoms with E-state index < -0.39 is 11.9 Å². The lowest BCUT2D eigenvalue weighted by Crippen LogP contribution is -2.16. The van der Waals surface area contributed by atoms with E-state index in [1.165, 1.54) is 16.7 Å². The fraction of sp³-hybridized carbons (Fsp3) is 0.346. The SMILES string of the molecule is Cc1cc(CCc2ccccc2)nn1-c1c(Cl)ccc2c1CCNCC2.O=C(O)CCC(=O)O. The summed E-state index contributed by atoms with van der Waals surface area (Å²) >= 11 is 6.62. The first-order chi connectivity index (χ1) is 16.3. The van der Waals surface area contributed by atoms with Crippen molar-refractivity contribution >= 4 is 23.5 Å². The predicted octanol–water partition coefficient (Wildman–Crippen LogP) is 4.24. The van der Waals surface area contributed by atoms with E-state index in [2.05, 4.69) is 54.7 Å². The number of hydrogen-bond acceptors (Lipinski definition) is 4. The first-order valence-corrected chi connectivity index (χ1v) is 11.8. The van der Waals surface area contributed by atoms with Crippen LogP contribution in [0.15, 0.2) is 48.5 Å². The minimum atomic E-state index is -1.08. The number of aromatic nitrogens is 2. The third-order valence-corrected chi connectivity index (χ3v) is 5.97. The smallest absolute Gasteiger partial charge is 0.303 e. The number of fused-ring (bicyclic) bond motifs is 1. The number of benzene rings is 2. The fourth-order valence-corrected chi connectivity index (χ4v) is 4.23. The highest BCUT2D eigenvalue weighted by molar-refractivity contribution is 6.32. The zero-order chi connectivity index (χ0) is 24.5. The van der Waals surface area contributed by atoms with E-state index in [0.717, 1.165) is 60.9 Å². The molecule has 0 saturated heterocycles. The third kappa shape index (κ3) is 7.17. The van der Waals surface area contributed by atoms with E-state index in [1.807, 2.05) is 10.7 Å². The van der Waals surface area contributed by atoms with E-state index in [1.54, 1.807) is 0 Å². The average molecular weight is 484 g/mol. The molecule has 0 aliphatic carbocycles. The second-order valence-corrected chi connectivity index (χ2v) is 8.65. The Hall–Kier alpha value is -3.16. The standard InChI is InChI=1S/C22H24ClN3.C4H6O4/c1-16-15-19(9-7-17-5-3-2-4-6-17)25-26(16)22-20-12-14-24-13-11-18(20)8-10-21(22)23;5-3(6)1-2-4(7)8/h2-6,8,10,15,24H,7,9,11-14H2,1H3;1-2H2,(H,5,6)(H,7,8). The quantitative estimate of drug-likeness (QED) is 0.464. The number of aryl methyl sites for hydroxylation is 3. The second-order valence-electron chi connectivity index (χ2n) is 8.25.